The molecule has 2 aromatic carbocycles. The molecule has 0 unspecified atom stereocenters. The van der Waals surface area contributed by atoms with Crippen molar-refractivity contribution in [3.8, 4) is 0 Å². The maximum atomic E-state index is 12.5. The molecule has 7 nitrogen and oxygen atoms in total. The average molecular weight is 419 g/mol. The molecule has 0 radical (unpaired) electrons. The fraction of sp³-hybridized carbons (Fsp3) is 0.333. The van der Waals surface area contributed by atoms with Crippen molar-refractivity contribution in [2.24, 2.45) is 0 Å². The number of rotatable bonds is 8. The Morgan fingerprint density at radius 3 is 2.07 bits per heavy atom. The van der Waals surface area contributed by atoms with Gasteiger partial charge in [-0.05, 0) is 43.7 Å². The van der Waals surface area contributed by atoms with Crippen LogP contribution in [0.3, 0.4) is 0 Å². The predicted octanol–water partition coefficient (Wildman–Crippen LogP) is 2.53. The van der Waals surface area contributed by atoms with Gasteiger partial charge in [-0.1, -0.05) is 30.3 Å². The Balaban J connectivity index is 2.00. The Bertz CT molecular complexity index is 939. The second kappa shape index (κ2) is 9.67. The molecule has 0 saturated heterocycles. The number of hydrogen-bond acceptors (Lipinski definition) is 5. The van der Waals surface area contributed by atoms with E-state index in [0.29, 0.717) is 6.54 Å². The lowest BCUT2D eigenvalue weighted by molar-refractivity contribution is -0.136. The van der Waals surface area contributed by atoms with Gasteiger partial charge in [0.25, 0.3) is 5.91 Å². The molecule has 2 aromatic rings. The van der Waals surface area contributed by atoms with Crippen molar-refractivity contribution in [2.45, 2.75) is 31.3 Å². The van der Waals surface area contributed by atoms with E-state index in [1.54, 1.807) is 4.90 Å². The van der Waals surface area contributed by atoms with Crippen molar-refractivity contribution < 1.29 is 22.7 Å². The van der Waals surface area contributed by atoms with Gasteiger partial charge in [0.1, 0.15) is 0 Å². The maximum Gasteiger partial charge on any atom is 0.338 e. The highest BCUT2D eigenvalue weighted by Gasteiger charge is 2.21. The number of amides is 1. The third-order valence-corrected chi connectivity index (χ3v) is 6.16. The number of benzene rings is 2. The minimum absolute atomic E-state index is 0.0584. The number of esters is 1. The maximum absolute atomic E-state index is 12.5. The van der Waals surface area contributed by atoms with Gasteiger partial charge in [0, 0.05) is 26.7 Å². The van der Waals surface area contributed by atoms with Crippen LogP contribution in [0.1, 0.15) is 29.8 Å². The zero-order valence-corrected chi connectivity index (χ0v) is 17.8. The van der Waals surface area contributed by atoms with E-state index in [2.05, 4.69) is 0 Å². The minimum atomic E-state index is -3.58. The highest BCUT2D eigenvalue weighted by atomic mass is 32.2. The van der Waals surface area contributed by atoms with Gasteiger partial charge in [-0.2, -0.15) is 0 Å². The summed E-state index contributed by atoms with van der Waals surface area (Å²) in [5.41, 5.74) is 1.16. The quantitative estimate of drug-likeness (QED) is 0.615. The van der Waals surface area contributed by atoms with Crippen molar-refractivity contribution in [2.75, 3.05) is 20.7 Å². The molecule has 0 fully saturated rings. The van der Waals surface area contributed by atoms with E-state index in [1.165, 1.54) is 38.4 Å². The van der Waals surface area contributed by atoms with Gasteiger partial charge in [0.05, 0.1) is 10.5 Å². The molecule has 0 aromatic heterocycles. The highest BCUT2D eigenvalue weighted by molar-refractivity contribution is 7.89. The number of carbonyl (C=O) groups excluding carboxylic acids is 2. The van der Waals surface area contributed by atoms with Crippen LogP contribution in [0.15, 0.2) is 59.5 Å². The van der Waals surface area contributed by atoms with Crippen LogP contribution in [0.2, 0.25) is 0 Å². The summed E-state index contributed by atoms with van der Waals surface area (Å²) in [7, 11) is -0.716. The molecule has 0 bridgehead atoms. The van der Waals surface area contributed by atoms with Gasteiger partial charge in [-0.25, -0.2) is 17.5 Å². The Morgan fingerprint density at radius 1 is 0.966 bits per heavy atom. The minimum Gasteiger partial charge on any atom is -0.452 e. The third-order valence-electron chi connectivity index (χ3n) is 4.33. The molecule has 0 aliphatic carbocycles. The molecule has 0 atom stereocenters. The highest BCUT2D eigenvalue weighted by Crippen LogP contribution is 2.15. The molecule has 1 amide bonds. The Morgan fingerprint density at radius 2 is 1.55 bits per heavy atom. The Hall–Kier alpha value is -2.71. The van der Waals surface area contributed by atoms with Crippen LogP contribution in [0, 0.1) is 0 Å². The van der Waals surface area contributed by atoms with Crippen LogP contribution >= 0.6 is 0 Å². The number of carbonyl (C=O) groups is 2. The second-order valence-corrected chi connectivity index (χ2v) is 9.14. The Kier molecular flexibility index (Phi) is 7.53. The first-order chi connectivity index (χ1) is 13.6. The first-order valence-corrected chi connectivity index (χ1v) is 10.6. The standard InChI is InChI=1S/C21H26N2O5S/c1-16(2)23(14-17-8-6-5-7-9-17)20(24)15-28-21(25)18-10-12-19(13-11-18)29(26,27)22(3)4/h5-13,16H,14-15H2,1-4H3. The van der Waals surface area contributed by atoms with Crippen LogP contribution < -0.4 is 0 Å². The summed E-state index contributed by atoms with van der Waals surface area (Å²) in [6.07, 6.45) is 0. The van der Waals surface area contributed by atoms with Crippen molar-refractivity contribution in [1.82, 2.24) is 9.21 Å². The van der Waals surface area contributed by atoms with Crippen LogP contribution in [0.4, 0.5) is 0 Å². The van der Waals surface area contributed by atoms with Gasteiger partial charge >= 0.3 is 5.97 Å². The molecule has 0 heterocycles. The molecular formula is C21H26N2O5S. The van der Waals surface area contributed by atoms with Gasteiger partial charge < -0.3 is 9.64 Å². The molecule has 0 spiro atoms. The van der Waals surface area contributed by atoms with E-state index in [9.17, 15) is 18.0 Å². The Labute approximate surface area is 171 Å². The topological polar surface area (TPSA) is 84.0 Å². The van der Waals surface area contributed by atoms with Crippen LogP contribution in [0.25, 0.3) is 0 Å². The lowest BCUT2D eigenvalue weighted by atomic mass is 10.2. The van der Waals surface area contributed by atoms with Crippen molar-refractivity contribution >= 4 is 21.9 Å². The van der Waals surface area contributed by atoms with Gasteiger partial charge in [0.15, 0.2) is 6.61 Å². The largest absolute Gasteiger partial charge is 0.452 e. The molecule has 8 heteroatoms. The summed E-state index contributed by atoms with van der Waals surface area (Å²) >= 11 is 0. The fourth-order valence-electron chi connectivity index (χ4n) is 2.61. The predicted molar refractivity (Wildman–Crippen MR) is 110 cm³/mol. The summed E-state index contributed by atoms with van der Waals surface area (Å²) < 4.78 is 30.4. The summed E-state index contributed by atoms with van der Waals surface area (Å²) in [5.74, 6) is -0.987. The van der Waals surface area contributed by atoms with Gasteiger partial charge in [-0.3, -0.25) is 4.79 Å². The monoisotopic (exact) mass is 418 g/mol. The van der Waals surface area contributed by atoms with E-state index < -0.39 is 16.0 Å². The lowest BCUT2D eigenvalue weighted by Gasteiger charge is -2.26. The van der Waals surface area contributed by atoms with Crippen molar-refractivity contribution in [1.29, 1.82) is 0 Å². The van der Waals surface area contributed by atoms with Gasteiger partial charge in [-0.15, -0.1) is 0 Å². The van der Waals surface area contributed by atoms with E-state index in [-0.39, 0.29) is 29.0 Å². The average Bonchev–Trinajstić information content (AvgIpc) is 2.70. The van der Waals surface area contributed by atoms with Crippen molar-refractivity contribution in [3.05, 3.63) is 65.7 Å². The third kappa shape index (κ3) is 5.88. The fourth-order valence-corrected chi connectivity index (χ4v) is 3.51. The SMILES string of the molecule is CC(C)N(Cc1ccccc1)C(=O)COC(=O)c1ccc(S(=O)(=O)N(C)C)cc1. The van der Waals surface area contributed by atoms with E-state index in [1.807, 2.05) is 44.2 Å². The lowest BCUT2D eigenvalue weighted by Crippen LogP contribution is -2.39. The van der Waals surface area contributed by atoms with Gasteiger partial charge in [0.2, 0.25) is 10.0 Å². The van der Waals surface area contributed by atoms with E-state index in [0.717, 1.165) is 9.87 Å². The molecule has 29 heavy (non-hydrogen) atoms. The first kappa shape index (κ1) is 22.6. The summed E-state index contributed by atoms with van der Waals surface area (Å²) in [5, 5.41) is 0. The zero-order valence-electron chi connectivity index (χ0n) is 17.0. The summed E-state index contributed by atoms with van der Waals surface area (Å²) in [6, 6.07) is 14.9. The first-order valence-electron chi connectivity index (χ1n) is 9.16. The van der Waals surface area contributed by atoms with Crippen LogP contribution in [-0.4, -0.2) is 56.2 Å². The number of nitrogens with zero attached hydrogens (tertiary/aromatic N) is 2. The molecule has 0 saturated carbocycles. The number of hydrogen-bond donors (Lipinski definition) is 0. The molecule has 0 aliphatic rings. The second-order valence-electron chi connectivity index (χ2n) is 6.99. The summed E-state index contributed by atoms with van der Waals surface area (Å²) in [6.45, 7) is 3.83. The summed E-state index contributed by atoms with van der Waals surface area (Å²) in [4.78, 5) is 26.5. The number of ether oxygens (including phenoxy) is 1. The molecule has 0 aliphatic heterocycles. The number of sulfonamides is 1. The zero-order chi connectivity index (χ0) is 21.6. The smallest absolute Gasteiger partial charge is 0.338 e. The van der Waals surface area contributed by atoms with Crippen molar-refractivity contribution in [3.63, 3.8) is 0 Å². The molecule has 156 valence electrons. The van der Waals surface area contributed by atoms with E-state index in [4.69, 9.17) is 4.74 Å². The molecule has 2 rings (SSSR count). The van der Waals surface area contributed by atoms with E-state index >= 15 is 0 Å². The van der Waals surface area contributed by atoms with Crippen LogP contribution in [-0.2, 0) is 26.1 Å². The molecular weight excluding hydrogens is 392 g/mol. The van der Waals surface area contributed by atoms with Crippen LogP contribution in [0.5, 0.6) is 0 Å². The molecule has 0 N–H and O–H groups in total. The normalized spacial score (nSPS) is 11.5.